The van der Waals surface area contributed by atoms with Crippen LogP contribution < -0.4 is 10.2 Å². The smallest absolute Gasteiger partial charge is 0.244 e. The molecular weight excluding hydrogens is 312 g/mol. The molecule has 0 aliphatic heterocycles. The largest absolute Gasteiger partial charge is 0.324 e. The Labute approximate surface area is 141 Å². The van der Waals surface area contributed by atoms with Gasteiger partial charge in [-0.3, -0.25) is 9.59 Å². The van der Waals surface area contributed by atoms with Crippen LogP contribution in [0.25, 0.3) is 0 Å². The fourth-order valence-electron chi connectivity index (χ4n) is 2.26. The second kappa shape index (κ2) is 7.29. The molecule has 0 fully saturated rings. The molecule has 0 saturated carbocycles. The Morgan fingerprint density at radius 2 is 1.83 bits per heavy atom. The molecule has 1 N–H and O–H groups in total. The number of carbonyl (C=O) groups excluding carboxylic acids is 2. The van der Waals surface area contributed by atoms with Crippen LogP contribution in [-0.4, -0.2) is 18.4 Å². The highest BCUT2D eigenvalue weighted by molar-refractivity contribution is 6.31. The molecule has 0 heterocycles. The molecule has 0 spiro atoms. The molecule has 0 radical (unpaired) electrons. The van der Waals surface area contributed by atoms with Gasteiger partial charge >= 0.3 is 0 Å². The molecule has 2 rings (SSSR count). The Morgan fingerprint density at radius 3 is 2.48 bits per heavy atom. The maximum Gasteiger partial charge on any atom is 0.244 e. The molecule has 2 aromatic rings. The van der Waals surface area contributed by atoms with Gasteiger partial charge in [-0.05, 0) is 49.2 Å². The lowest BCUT2D eigenvalue weighted by molar-refractivity contribution is -0.120. The zero-order valence-electron chi connectivity index (χ0n) is 13.4. The van der Waals surface area contributed by atoms with Gasteiger partial charge in [0.1, 0.15) is 6.54 Å². The number of hydrogen-bond acceptors (Lipinski definition) is 2. The summed E-state index contributed by atoms with van der Waals surface area (Å²) >= 11 is 6.05. The number of nitrogens with zero attached hydrogens (tertiary/aromatic N) is 1. The van der Waals surface area contributed by atoms with E-state index in [2.05, 4.69) is 5.32 Å². The molecule has 5 heteroatoms. The predicted octanol–water partition coefficient (Wildman–Crippen LogP) is 3.95. The summed E-state index contributed by atoms with van der Waals surface area (Å²) in [6, 6.07) is 12.8. The second-order valence-corrected chi connectivity index (χ2v) is 5.81. The predicted molar refractivity (Wildman–Crippen MR) is 94.0 cm³/mol. The third kappa shape index (κ3) is 4.33. The second-order valence-electron chi connectivity index (χ2n) is 5.40. The number of amides is 2. The minimum Gasteiger partial charge on any atom is -0.324 e. The van der Waals surface area contributed by atoms with Crippen LogP contribution in [0.3, 0.4) is 0 Å². The van der Waals surface area contributed by atoms with Gasteiger partial charge < -0.3 is 10.2 Å². The number of hydrogen-bond donors (Lipinski definition) is 1. The van der Waals surface area contributed by atoms with E-state index < -0.39 is 0 Å². The number of carbonyl (C=O) groups is 2. The molecule has 2 amide bonds. The molecule has 2 aromatic carbocycles. The summed E-state index contributed by atoms with van der Waals surface area (Å²) in [5.41, 5.74) is 3.18. The average Bonchev–Trinajstić information content (AvgIpc) is 2.49. The third-order valence-corrected chi connectivity index (χ3v) is 3.95. The highest BCUT2D eigenvalue weighted by atomic mass is 35.5. The van der Waals surface area contributed by atoms with Gasteiger partial charge in [0.15, 0.2) is 0 Å². The molecule has 0 atom stereocenters. The van der Waals surface area contributed by atoms with Crippen molar-refractivity contribution in [3.05, 3.63) is 58.6 Å². The first-order valence-corrected chi connectivity index (χ1v) is 7.66. The van der Waals surface area contributed by atoms with Crippen molar-refractivity contribution in [1.82, 2.24) is 0 Å². The maximum absolute atomic E-state index is 12.3. The van der Waals surface area contributed by atoms with E-state index in [1.54, 1.807) is 18.2 Å². The van der Waals surface area contributed by atoms with Gasteiger partial charge in [-0.25, -0.2) is 0 Å². The van der Waals surface area contributed by atoms with Crippen molar-refractivity contribution in [2.24, 2.45) is 0 Å². The SMILES string of the molecule is CC(=O)N(CC(=O)Nc1cccc(Cl)c1C)c1cccc(C)c1. The summed E-state index contributed by atoms with van der Waals surface area (Å²) in [4.78, 5) is 25.6. The first-order valence-electron chi connectivity index (χ1n) is 7.28. The highest BCUT2D eigenvalue weighted by Crippen LogP contribution is 2.23. The van der Waals surface area contributed by atoms with E-state index in [1.807, 2.05) is 38.1 Å². The van der Waals surface area contributed by atoms with Crippen LogP contribution in [0.2, 0.25) is 5.02 Å². The minimum absolute atomic E-state index is 0.0509. The quantitative estimate of drug-likeness (QED) is 0.922. The summed E-state index contributed by atoms with van der Waals surface area (Å²) in [5, 5.41) is 3.39. The van der Waals surface area contributed by atoms with Crippen molar-refractivity contribution >= 4 is 34.8 Å². The van der Waals surface area contributed by atoms with Gasteiger partial charge in [-0.15, -0.1) is 0 Å². The number of nitrogens with one attached hydrogen (secondary N) is 1. The first-order chi connectivity index (χ1) is 10.9. The van der Waals surface area contributed by atoms with Crippen molar-refractivity contribution in [2.75, 3.05) is 16.8 Å². The van der Waals surface area contributed by atoms with E-state index in [1.165, 1.54) is 11.8 Å². The Bertz CT molecular complexity index is 744. The molecule has 23 heavy (non-hydrogen) atoms. The molecule has 120 valence electrons. The van der Waals surface area contributed by atoms with Crippen molar-refractivity contribution in [2.45, 2.75) is 20.8 Å². The van der Waals surface area contributed by atoms with E-state index in [4.69, 9.17) is 11.6 Å². The average molecular weight is 331 g/mol. The van der Waals surface area contributed by atoms with Crippen LogP contribution in [0.1, 0.15) is 18.1 Å². The summed E-state index contributed by atoms with van der Waals surface area (Å²) in [7, 11) is 0. The van der Waals surface area contributed by atoms with Crippen LogP contribution in [0.15, 0.2) is 42.5 Å². The zero-order valence-corrected chi connectivity index (χ0v) is 14.1. The minimum atomic E-state index is -0.271. The van der Waals surface area contributed by atoms with E-state index in [9.17, 15) is 9.59 Å². The topological polar surface area (TPSA) is 49.4 Å². The van der Waals surface area contributed by atoms with E-state index in [0.29, 0.717) is 16.4 Å². The van der Waals surface area contributed by atoms with Crippen molar-refractivity contribution in [3.8, 4) is 0 Å². The zero-order chi connectivity index (χ0) is 17.0. The van der Waals surface area contributed by atoms with Gasteiger partial charge in [0, 0.05) is 23.3 Å². The van der Waals surface area contributed by atoms with Gasteiger partial charge in [-0.1, -0.05) is 29.8 Å². The van der Waals surface area contributed by atoms with Crippen molar-refractivity contribution in [1.29, 1.82) is 0 Å². The molecule has 4 nitrogen and oxygen atoms in total. The van der Waals surface area contributed by atoms with E-state index in [0.717, 1.165) is 11.1 Å². The Hall–Kier alpha value is -2.33. The molecular formula is C18H19ClN2O2. The van der Waals surface area contributed by atoms with Gasteiger partial charge in [0.05, 0.1) is 0 Å². The standard InChI is InChI=1S/C18H19ClN2O2/c1-12-6-4-7-15(10-12)21(14(3)22)11-18(23)20-17-9-5-8-16(19)13(17)2/h4-10H,11H2,1-3H3,(H,20,23). The van der Waals surface area contributed by atoms with Gasteiger partial charge in [0.25, 0.3) is 0 Å². The van der Waals surface area contributed by atoms with Crippen LogP contribution in [-0.2, 0) is 9.59 Å². The summed E-state index contributed by atoms with van der Waals surface area (Å²) in [6.45, 7) is 5.17. The molecule has 0 unspecified atom stereocenters. The van der Waals surface area contributed by atoms with Gasteiger partial charge in [-0.2, -0.15) is 0 Å². The molecule has 0 saturated heterocycles. The van der Waals surface area contributed by atoms with Crippen molar-refractivity contribution in [3.63, 3.8) is 0 Å². The number of aryl methyl sites for hydroxylation is 1. The van der Waals surface area contributed by atoms with Crippen LogP contribution >= 0.6 is 11.6 Å². The fourth-order valence-corrected chi connectivity index (χ4v) is 2.43. The summed E-state index contributed by atoms with van der Waals surface area (Å²) < 4.78 is 0. The molecule has 0 bridgehead atoms. The normalized spacial score (nSPS) is 10.3. The Kier molecular flexibility index (Phi) is 5.40. The third-order valence-electron chi connectivity index (χ3n) is 3.54. The lowest BCUT2D eigenvalue weighted by Gasteiger charge is -2.21. The lowest BCUT2D eigenvalue weighted by atomic mass is 10.2. The Morgan fingerprint density at radius 1 is 1.13 bits per heavy atom. The van der Waals surface area contributed by atoms with E-state index >= 15 is 0 Å². The number of rotatable bonds is 4. The van der Waals surface area contributed by atoms with Crippen molar-refractivity contribution < 1.29 is 9.59 Å². The Balaban J connectivity index is 2.16. The number of halogens is 1. The summed E-state index contributed by atoms with van der Waals surface area (Å²) in [5.74, 6) is -0.458. The molecule has 0 aliphatic carbocycles. The maximum atomic E-state index is 12.3. The van der Waals surface area contributed by atoms with E-state index in [-0.39, 0.29) is 18.4 Å². The lowest BCUT2D eigenvalue weighted by Crippen LogP contribution is -2.36. The highest BCUT2D eigenvalue weighted by Gasteiger charge is 2.16. The number of anilines is 2. The van der Waals surface area contributed by atoms with Crippen LogP contribution in [0.4, 0.5) is 11.4 Å². The van der Waals surface area contributed by atoms with Crippen LogP contribution in [0.5, 0.6) is 0 Å². The molecule has 0 aliphatic rings. The monoisotopic (exact) mass is 330 g/mol. The van der Waals surface area contributed by atoms with Crippen LogP contribution in [0, 0.1) is 13.8 Å². The van der Waals surface area contributed by atoms with Gasteiger partial charge in [0.2, 0.25) is 11.8 Å². The fraction of sp³-hybridized carbons (Fsp3) is 0.222. The molecule has 0 aromatic heterocycles. The summed E-state index contributed by atoms with van der Waals surface area (Å²) in [6.07, 6.45) is 0. The first kappa shape index (κ1) is 17.0. The number of benzene rings is 2.